The molecule has 1 atom stereocenters. The van der Waals surface area contributed by atoms with E-state index in [4.69, 9.17) is 0 Å². The predicted molar refractivity (Wildman–Crippen MR) is 99.8 cm³/mol. The van der Waals surface area contributed by atoms with Gasteiger partial charge in [0.05, 0.1) is 18.6 Å². The molecule has 27 heavy (non-hydrogen) atoms. The molecule has 1 N–H and O–H groups in total. The van der Waals surface area contributed by atoms with Crippen molar-refractivity contribution in [2.75, 3.05) is 19.6 Å². The number of pyridine rings is 1. The van der Waals surface area contributed by atoms with Crippen molar-refractivity contribution in [1.29, 1.82) is 0 Å². The number of rotatable bonds is 3. The minimum atomic E-state index is -0.0270. The third kappa shape index (κ3) is 3.59. The molecule has 1 spiro atoms. The molecule has 0 bridgehead atoms. The van der Waals surface area contributed by atoms with E-state index in [1.54, 1.807) is 12.5 Å². The summed E-state index contributed by atoms with van der Waals surface area (Å²) in [7, 11) is 0. The standard InChI is InChI=1S/C20H25N5O2/c1-15-18(23-14-22-15)19(27)24-10-4-7-20(12-24)8-6-17(26)25(13-20)11-16-5-2-3-9-21-16/h2-3,5,9,14H,4,6-8,10-13H2,1H3,(H,22,23)/t20-/m1/s1. The number of imidazole rings is 1. The van der Waals surface area contributed by atoms with Crippen molar-refractivity contribution in [3.8, 4) is 0 Å². The van der Waals surface area contributed by atoms with Crippen LogP contribution in [0.2, 0.25) is 0 Å². The molecule has 142 valence electrons. The Labute approximate surface area is 158 Å². The Morgan fingerprint density at radius 3 is 2.89 bits per heavy atom. The highest BCUT2D eigenvalue weighted by Gasteiger charge is 2.43. The largest absolute Gasteiger partial charge is 0.348 e. The minimum Gasteiger partial charge on any atom is -0.348 e. The Hall–Kier alpha value is -2.70. The van der Waals surface area contributed by atoms with E-state index in [9.17, 15) is 9.59 Å². The molecule has 2 saturated heterocycles. The summed E-state index contributed by atoms with van der Waals surface area (Å²) in [5, 5.41) is 0. The second kappa shape index (κ2) is 7.13. The van der Waals surface area contributed by atoms with Gasteiger partial charge in [0, 0.05) is 43.4 Å². The fraction of sp³-hybridized carbons (Fsp3) is 0.500. The predicted octanol–water partition coefficient (Wildman–Crippen LogP) is 2.16. The number of hydrogen-bond acceptors (Lipinski definition) is 4. The lowest BCUT2D eigenvalue weighted by Gasteiger charge is -2.48. The minimum absolute atomic E-state index is 0.0130. The molecule has 2 aliphatic heterocycles. The average Bonchev–Trinajstić information content (AvgIpc) is 3.11. The molecule has 0 unspecified atom stereocenters. The molecule has 2 aromatic rings. The Balaban J connectivity index is 1.49. The van der Waals surface area contributed by atoms with Gasteiger partial charge in [0.25, 0.3) is 5.91 Å². The zero-order valence-corrected chi connectivity index (χ0v) is 15.6. The number of carbonyl (C=O) groups excluding carboxylic acids is 2. The van der Waals surface area contributed by atoms with Crippen LogP contribution in [0.15, 0.2) is 30.7 Å². The SMILES string of the molecule is Cc1[nH]cnc1C(=O)N1CCC[C@@]2(CCC(=O)N(Cc3ccccn3)C2)C1. The van der Waals surface area contributed by atoms with E-state index in [1.807, 2.05) is 34.9 Å². The molecular formula is C20H25N5O2. The topological polar surface area (TPSA) is 82.2 Å². The number of likely N-dealkylation sites (tertiary alicyclic amines) is 2. The van der Waals surface area contributed by atoms with Crippen LogP contribution in [-0.4, -0.2) is 56.2 Å². The molecule has 0 saturated carbocycles. The van der Waals surface area contributed by atoms with Crippen molar-refractivity contribution >= 4 is 11.8 Å². The highest BCUT2D eigenvalue weighted by molar-refractivity contribution is 5.93. The number of hydrogen-bond donors (Lipinski definition) is 1. The number of piperidine rings is 2. The van der Waals surface area contributed by atoms with E-state index < -0.39 is 0 Å². The maximum absolute atomic E-state index is 12.9. The van der Waals surface area contributed by atoms with Gasteiger partial charge in [0.1, 0.15) is 5.69 Å². The van der Waals surface area contributed by atoms with E-state index >= 15 is 0 Å². The Bertz CT molecular complexity index is 834. The third-order valence-corrected chi connectivity index (χ3v) is 5.81. The molecular weight excluding hydrogens is 342 g/mol. The van der Waals surface area contributed by atoms with E-state index in [-0.39, 0.29) is 17.2 Å². The van der Waals surface area contributed by atoms with Crippen LogP contribution in [-0.2, 0) is 11.3 Å². The maximum atomic E-state index is 12.9. The molecule has 7 nitrogen and oxygen atoms in total. The number of aryl methyl sites for hydroxylation is 1. The summed E-state index contributed by atoms with van der Waals surface area (Å²) >= 11 is 0. The molecule has 0 aromatic carbocycles. The van der Waals surface area contributed by atoms with Crippen LogP contribution in [0.4, 0.5) is 0 Å². The van der Waals surface area contributed by atoms with Gasteiger partial charge in [-0.3, -0.25) is 14.6 Å². The lowest BCUT2D eigenvalue weighted by atomic mass is 9.73. The van der Waals surface area contributed by atoms with Crippen LogP contribution in [0.5, 0.6) is 0 Å². The van der Waals surface area contributed by atoms with Gasteiger partial charge in [0.2, 0.25) is 5.91 Å². The number of amides is 2. The first-order valence-corrected chi connectivity index (χ1v) is 9.53. The number of aromatic amines is 1. The lowest BCUT2D eigenvalue weighted by Crippen LogP contribution is -2.55. The summed E-state index contributed by atoms with van der Waals surface area (Å²) in [5.74, 6) is 0.166. The fourth-order valence-electron chi connectivity index (χ4n) is 4.37. The van der Waals surface area contributed by atoms with Crippen LogP contribution < -0.4 is 0 Å². The quantitative estimate of drug-likeness (QED) is 0.901. The molecule has 4 heterocycles. The van der Waals surface area contributed by atoms with Gasteiger partial charge in [-0.15, -0.1) is 0 Å². The molecule has 4 rings (SSSR count). The Morgan fingerprint density at radius 1 is 1.26 bits per heavy atom. The van der Waals surface area contributed by atoms with Crippen LogP contribution in [0.3, 0.4) is 0 Å². The summed E-state index contributed by atoms with van der Waals surface area (Å²) < 4.78 is 0. The molecule has 2 amide bonds. The van der Waals surface area contributed by atoms with Crippen LogP contribution in [0.1, 0.15) is 47.6 Å². The summed E-state index contributed by atoms with van der Waals surface area (Å²) in [6.07, 6.45) is 6.70. The monoisotopic (exact) mass is 367 g/mol. The number of nitrogens with one attached hydrogen (secondary N) is 1. The number of nitrogens with zero attached hydrogens (tertiary/aromatic N) is 4. The van der Waals surface area contributed by atoms with Crippen molar-refractivity contribution in [3.05, 3.63) is 47.8 Å². The van der Waals surface area contributed by atoms with Crippen LogP contribution >= 0.6 is 0 Å². The highest BCUT2D eigenvalue weighted by Crippen LogP contribution is 2.39. The second-order valence-corrected chi connectivity index (χ2v) is 7.78. The first-order chi connectivity index (χ1) is 13.1. The summed E-state index contributed by atoms with van der Waals surface area (Å²) in [4.78, 5) is 40.7. The molecule has 2 aliphatic rings. The molecule has 2 aromatic heterocycles. The van der Waals surface area contributed by atoms with E-state index in [0.29, 0.717) is 31.7 Å². The van der Waals surface area contributed by atoms with Crippen molar-refractivity contribution < 1.29 is 9.59 Å². The maximum Gasteiger partial charge on any atom is 0.274 e. The molecule has 0 aliphatic carbocycles. The Morgan fingerprint density at radius 2 is 2.15 bits per heavy atom. The van der Waals surface area contributed by atoms with Crippen LogP contribution in [0.25, 0.3) is 0 Å². The molecule has 0 radical (unpaired) electrons. The molecule has 2 fully saturated rings. The van der Waals surface area contributed by atoms with Gasteiger partial charge in [0.15, 0.2) is 0 Å². The summed E-state index contributed by atoms with van der Waals surface area (Å²) in [6.45, 7) is 4.53. The van der Waals surface area contributed by atoms with Gasteiger partial charge >= 0.3 is 0 Å². The smallest absolute Gasteiger partial charge is 0.274 e. The highest BCUT2D eigenvalue weighted by atomic mass is 16.2. The third-order valence-electron chi connectivity index (χ3n) is 5.81. The first-order valence-electron chi connectivity index (χ1n) is 9.53. The number of H-pyrrole nitrogens is 1. The number of carbonyl (C=O) groups is 2. The van der Waals surface area contributed by atoms with Gasteiger partial charge in [-0.05, 0) is 38.3 Å². The normalized spacial score (nSPS) is 23.1. The second-order valence-electron chi connectivity index (χ2n) is 7.78. The van der Waals surface area contributed by atoms with Gasteiger partial charge < -0.3 is 14.8 Å². The zero-order chi connectivity index (χ0) is 18.9. The summed E-state index contributed by atoms with van der Waals surface area (Å²) in [6, 6.07) is 5.77. The van der Waals surface area contributed by atoms with Gasteiger partial charge in [-0.25, -0.2) is 4.98 Å². The zero-order valence-electron chi connectivity index (χ0n) is 15.6. The van der Waals surface area contributed by atoms with Crippen molar-refractivity contribution in [1.82, 2.24) is 24.8 Å². The lowest BCUT2D eigenvalue weighted by molar-refractivity contribution is -0.139. The average molecular weight is 367 g/mol. The Kier molecular flexibility index (Phi) is 4.68. The number of aromatic nitrogens is 3. The van der Waals surface area contributed by atoms with Crippen molar-refractivity contribution in [2.24, 2.45) is 5.41 Å². The van der Waals surface area contributed by atoms with E-state index in [2.05, 4.69) is 15.0 Å². The van der Waals surface area contributed by atoms with Crippen LogP contribution in [0, 0.1) is 12.3 Å². The first kappa shape index (κ1) is 17.7. The van der Waals surface area contributed by atoms with Crippen molar-refractivity contribution in [2.45, 2.75) is 39.2 Å². The van der Waals surface area contributed by atoms with E-state index in [1.165, 1.54) is 0 Å². The van der Waals surface area contributed by atoms with Gasteiger partial charge in [-0.1, -0.05) is 6.07 Å². The van der Waals surface area contributed by atoms with Gasteiger partial charge in [-0.2, -0.15) is 0 Å². The van der Waals surface area contributed by atoms with E-state index in [0.717, 1.165) is 37.2 Å². The van der Waals surface area contributed by atoms with Crippen molar-refractivity contribution in [3.63, 3.8) is 0 Å². The summed E-state index contributed by atoms with van der Waals surface area (Å²) in [5.41, 5.74) is 2.18. The fourth-order valence-corrected chi connectivity index (χ4v) is 4.37. The molecule has 7 heteroatoms.